The molecule has 1 saturated heterocycles. The highest BCUT2D eigenvalue weighted by Crippen LogP contribution is 2.25. The van der Waals surface area contributed by atoms with E-state index in [1.807, 2.05) is 28.9 Å². The van der Waals surface area contributed by atoms with Gasteiger partial charge in [-0.15, -0.1) is 0 Å². The average molecular weight is 365 g/mol. The molecule has 2 aromatic heterocycles. The minimum atomic E-state index is -0.850. The number of nitrogens with one attached hydrogen (secondary N) is 1. The maximum absolute atomic E-state index is 11.1. The molecule has 0 aliphatic carbocycles. The second kappa shape index (κ2) is 7.67. The van der Waals surface area contributed by atoms with Gasteiger partial charge in [0.1, 0.15) is 0 Å². The summed E-state index contributed by atoms with van der Waals surface area (Å²) < 4.78 is 6.84. The lowest BCUT2D eigenvalue weighted by Crippen LogP contribution is -2.25. The van der Waals surface area contributed by atoms with Gasteiger partial charge in [-0.3, -0.25) is 0 Å². The number of carbonyl (C=O) groups is 1. The molecular weight excluding hydrogens is 342 g/mol. The van der Waals surface area contributed by atoms with Gasteiger partial charge in [0, 0.05) is 36.7 Å². The smallest absolute Gasteiger partial charge is 0.406 e. The summed E-state index contributed by atoms with van der Waals surface area (Å²) in [5.41, 5.74) is 8.57. The number of anilines is 1. The van der Waals surface area contributed by atoms with Crippen LogP contribution in [0.2, 0.25) is 0 Å². The summed E-state index contributed by atoms with van der Waals surface area (Å²) in [4.78, 5) is 18.1. The largest absolute Gasteiger partial charge is 0.410 e. The van der Waals surface area contributed by atoms with Crippen LogP contribution in [-0.2, 0) is 0 Å². The Morgan fingerprint density at radius 3 is 2.70 bits per heavy atom. The van der Waals surface area contributed by atoms with E-state index in [1.54, 1.807) is 12.1 Å². The number of nitrogens with zero attached hydrogens (tertiary/aromatic N) is 3. The topological polar surface area (TPSA) is 84.9 Å². The first-order chi connectivity index (χ1) is 13.2. The summed E-state index contributed by atoms with van der Waals surface area (Å²) in [5, 5.41) is 3.47. The van der Waals surface area contributed by atoms with E-state index in [-0.39, 0.29) is 0 Å². The predicted octanol–water partition coefficient (Wildman–Crippen LogP) is 2.97. The molecule has 0 unspecified atom stereocenters. The van der Waals surface area contributed by atoms with Gasteiger partial charge in [0.15, 0.2) is 11.4 Å². The quantitative estimate of drug-likeness (QED) is 0.701. The molecule has 1 fully saturated rings. The molecule has 3 aromatic rings. The molecule has 1 aliphatic rings. The summed E-state index contributed by atoms with van der Waals surface area (Å²) in [6.07, 6.45) is 5.55. The fraction of sp³-hybridized carbons (Fsp3) is 0.300. The number of hydrogen-bond donors (Lipinski definition) is 2. The molecule has 1 amide bonds. The van der Waals surface area contributed by atoms with Crippen molar-refractivity contribution < 1.29 is 9.53 Å². The molecule has 7 nitrogen and oxygen atoms in total. The van der Waals surface area contributed by atoms with Gasteiger partial charge < -0.3 is 25.1 Å². The maximum atomic E-state index is 11.1. The molecule has 27 heavy (non-hydrogen) atoms. The molecule has 4 rings (SSSR count). The first-order valence-electron chi connectivity index (χ1n) is 9.21. The summed E-state index contributed by atoms with van der Waals surface area (Å²) in [7, 11) is 0. The van der Waals surface area contributed by atoms with E-state index in [2.05, 4.69) is 27.3 Å². The van der Waals surface area contributed by atoms with E-state index in [9.17, 15) is 4.79 Å². The van der Waals surface area contributed by atoms with Crippen LogP contribution < -0.4 is 15.8 Å². The Morgan fingerprint density at radius 1 is 1.19 bits per heavy atom. The highest BCUT2D eigenvalue weighted by Gasteiger charge is 2.12. The number of likely N-dealkylation sites (tertiary alicyclic amines) is 1. The van der Waals surface area contributed by atoms with Crippen molar-refractivity contribution in [1.29, 1.82) is 0 Å². The third-order valence-corrected chi connectivity index (χ3v) is 4.79. The summed E-state index contributed by atoms with van der Waals surface area (Å²) >= 11 is 0. The summed E-state index contributed by atoms with van der Waals surface area (Å²) in [6.45, 7) is 4.46. The monoisotopic (exact) mass is 365 g/mol. The number of imidazole rings is 1. The van der Waals surface area contributed by atoms with Crippen LogP contribution in [0.25, 0.3) is 16.9 Å². The maximum Gasteiger partial charge on any atom is 0.410 e. The molecule has 0 radical (unpaired) electrons. The van der Waals surface area contributed by atoms with Crippen LogP contribution in [0.4, 0.5) is 10.5 Å². The normalized spacial score (nSPS) is 14.5. The number of fused-ring (bicyclic) bond motifs is 1. The summed E-state index contributed by atoms with van der Waals surface area (Å²) in [6, 6.07) is 11.6. The number of nitrogens with two attached hydrogens (primary N) is 1. The molecule has 0 spiro atoms. The Balaban J connectivity index is 1.45. The third-order valence-electron chi connectivity index (χ3n) is 4.79. The highest BCUT2D eigenvalue weighted by atomic mass is 16.5. The number of amides is 1. The molecule has 0 saturated carbocycles. The van der Waals surface area contributed by atoms with Gasteiger partial charge >= 0.3 is 6.09 Å². The Morgan fingerprint density at radius 2 is 1.96 bits per heavy atom. The van der Waals surface area contributed by atoms with E-state index in [0.29, 0.717) is 11.4 Å². The predicted molar refractivity (Wildman–Crippen MR) is 105 cm³/mol. The number of benzene rings is 1. The van der Waals surface area contributed by atoms with E-state index in [1.165, 1.54) is 25.9 Å². The van der Waals surface area contributed by atoms with Crippen molar-refractivity contribution in [3.63, 3.8) is 0 Å². The molecule has 140 valence electrons. The Labute approximate surface area is 157 Å². The fourth-order valence-corrected chi connectivity index (χ4v) is 3.44. The van der Waals surface area contributed by atoms with Gasteiger partial charge in [-0.05, 0) is 50.2 Å². The van der Waals surface area contributed by atoms with Crippen molar-refractivity contribution in [1.82, 2.24) is 14.3 Å². The van der Waals surface area contributed by atoms with Crippen molar-refractivity contribution in [2.24, 2.45) is 5.73 Å². The van der Waals surface area contributed by atoms with Crippen LogP contribution in [0.1, 0.15) is 12.8 Å². The lowest BCUT2D eigenvalue weighted by atomic mass is 10.1. The molecule has 3 N–H and O–H groups in total. The fourth-order valence-electron chi connectivity index (χ4n) is 3.44. The Hall–Kier alpha value is -3.06. The lowest BCUT2D eigenvalue weighted by molar-refractivity contribution is 0.211. The van der Waals surface area contributed by atoms with Crippen LogP contribution in [0.15, 0.2) is 48.8 Å². The number of aromatic nitrogens is 2. The minimum Gasteiger partial charge on any atom is -0.406 e. The molecule has 1 aliphatic heterocycles. The van der Waals surface area contributed by atoms with E-state index < -0.39 is 6.09 Å². The molecular formula is C20H23N5O2. The number of primary amides is 1. The van der Waals surface area contributed by atoms with E-state index in [0.717, 1.165) is 30.0 Å². The molecule has 1 aromatic carbocycles. The number of hydrogen-bond acceptors (Lipinski definition) is 5. The highest BCUT2D eigenvalue weighted by molar-refractivity contribution is 5.73. The van der Waals surface area contributed by atoms with Crippen molar-refractivity contribution in [3.8, 4) is 17.0 Å². The number of pyridine rings is 1. The zero-order valence-corrected chi connectivity index (χ0v) is 15.1. The Kier molecular flexibility index (Phi) is 4.93. The second-order valence-corrected chi connectivity index (χ2v) is 6.70. The van der Waals surface area contributed by atoms with Crippen LogP contribution in [0.5, 0.6) is 5.75 Å². The lowest BCUT2D eigenvalue weighted by Gasteiger charge is -2.15. The summed E-state index contributed by atoms with van der Waals surface area (Å²) in [5.74, 6) is 0.344. The molecule has 7 heteroatoms. The van der Waals surface area contributed by atoms with Crippen molar-refractivity contribution in [2.75, 3.05) is 31.5 Å². The van der Waals surface area contributed by atoms with E-state index in [4.69, 9.17) is 10.5 Å². The van der Waals surface area contributed by atoms with Gasteiger partial charge in [-0.1, -0.05) is 12.1 Å². The first-order valence-corrected chi connectivity index (χ1v) is 9.21. The second-order valence-electron chi connectivity index (χ2n) is 6.70. The van der Waals surface area contributed by atoms with Gasteiger partial charge in [-0.25, -0.2) is 9.78 Å². The van der Waals surface area contributed by atoms with Crippen molar-refractivity contribution >= 4 is 17.4 Å². The van der Waals surface area contributed by atoms with Crippen LogP contribution in [0, 0.1) is 0 Å². The Bertz CT molecular complexity index is 929. The zero-order valence-electron chi connectivity index (χ0n) is 15.1. The zero-order chi connectivity index (χ0) is 18.6. The SMILES string of the molecule is NC(=O)Oc1cccn2cc(-c3ccc(NCCN4CCCC4)cc3)nc12. The van der Waals surface area contributed by atoms with Gasteiger partial charge in [-0.2, -0.15) is 0 Å². The molecule has 0 bridgehead atoms. The standard InChI is InChI=1S/C20H23N5O2/c21-20(26)27-18-4-3-12-25-14-17(23-19(18)25)15-5-7-16(8-6-15)22-9-13-24-10-1-2-11-24/h3-8,12,14,22H,1-2,9-11,13H2,(H2,21,26). The first kappa shape index (κ1) is 17.4. The van der Waals surface area contributed by atoms with Crippen molar-refractivity contribution in [3.05, 3.63) is 48.8 Å². The minimum absolute atomic E-state index is 0.344. The molecule has 3 heterocycles. The van der Waals surface area contributed by atoms with Gasteiger partial charge in [0.2, 0.25) is 0 Å². The number of rotatable bonds is 6. The molecule has 0 atom stereocenters. The van der Waals surface area contributed by atoms with Gasteiger partial charge in [0.05, 0.1) is 5.69 Å². The van der Waals surface area contributed by atoms with Crippen LogP contribution in [-0.4, -0.2) is 46.6 Å². The van der Waals surface area contributed by atoms with Crippen LogP contribution >= 0.6 is 0 Å². The number of carbonyl (C=O) groups excluding carboxylic acids is 1. The third kappa shape index (κ3) is 4.03. The number of ether oxygens (including phenoxy) is 1. The van der Waals surface area contributed by atoms with Gasteiger partial charge in [0.25, 0.3) is 0 Å². The average Bonchev–Trinajstić information content (AvgIpc) is 3.32. The van der Waals surface area contributed by atoms with Crippen LogP contribution in [0.3, 0.4) is 0 Å². The van der Waals surface area contributed by atoms with E-state index >= 15 is 0 Å². The van der Waals surface area contributed by atoms with Crippen molar-refractivity contribution in [2.45, 2.75) is 12.8 Å².